The molecule has 0 fully saturated rings. The maximum absolute atomic E-state index is 12.2. The summed E-state index contributed by atoms with van der Waals surface area (Å²) < 4.78 is 27.5. The van der Waals surface area contributed by atoms with Crippen LogP contribution in [0.25, 0.3) is 0 Å². The summed E-state index contributed by atoms with van der Waals surface area (Å²) in [6.07, 6.45) is 0.0420. The molecule has 1 heterocycles. The van der Waals surface area contributed by atoms with E-state index in [0.29, 0.717) is 16.4 Å². The minimum Gasteiger partial charge on any atom is -0.341 e. The number of rotatable bonds is 8. The molecule has 26 heavy (non-hydrogen) atoms. The molecule has 1 aromatic carbocycles. The third kappa shape index (κ3) is 5.63. The lowest BCUT2D eigenvalue weighted by Gasteiger charge is -2.16. The van der Waals surface area contributed by atoms with Crippen molar-refractivity contribution in [1.29, 1.82) is 0 Å². The molecular weight excluding hydrogens is 396 g/mol. The summed E-state index contributed by atoms with van der Waals surface area (Å²) in [7, 11) is -2.07. The third-order valence-electron chi connectivity index (χ3n) is 3.65. The first-order chi connectivity index (χ1) is 12.2. The predicted octanol–water partition coefficient (Wildman–Crippen LogP) is 2.93. The van der Waals surface area contributed by atoms with Crippen LogP contribution < -0.4 is 4.72 Å². The van der Waals surface area contributed by atoms with Crippen molar-refractivity contribution in [3.63, 3.8) is 0 Å². The lowest BCUT2D eigenvalue weighted by atomic mass is 10.2. The van der Waals surface area contributed by atoms with E-state index in [1.54, 1.807) is 13.1 Å². The van der Waals surface area contributed by atoms with E-state index in [1.165, 1.54) is 47.4 Å². The first-order valence-corrected chi connectivity index (χ1v) is 10.5. The van der Waals surface area contributed by atoms with E-state index < -0.39 is 10.0 Å². The number of carbonyl (C=O) groups is 2. The molecule has 2 aromatic rings. The van der Waals surface area contributed by atoms with Gasteiger partial charge in [-0.05, 0) is 31.2 Å². The Morgan fingerprint density at radius 1 is 1.15 bits per heavy atom. The molecule has 1 N–H and O–H groups in total. The van der Waals surface area contributed by atoms with Crippen molar-refractivity contribution in [3.05, 3.63) is 51.2 Å². The Bertz CT molecular complexity index is 892. The summed E-state index contributed by atoms with van der Waals surface area (Å²) in [6.45, 7) is 1.83. The van der Waals surface area contributed by atoms with Gasteiger partial charge >= 0.3 is 0 Å². The largest absolute Gasteiger partial charge is 0.341 e. The van der Waals surface area contributed by atoms with Crippen molar-refractivity contribution in [2.24, 2.45) is 0 Å². The zero-order chi connectivity index (χ0) is 19.3. The van der Waals surface area contributed by atoms with Gasteiger partial charge in [0.1, 0.15) is 0 Å². The average Bonchev–Trinajstić information content (AvgIpc) is 2.99. The molecule has 0 aliphatic carbocycles. The molecular formula is C17H19ClN2O4S2. The van der Waals surface area contributed by atoms with Gasteiger partial charge in [-0.1, -0.05) is 23.7 Å². The SMILES string of the molecule is CC(=O)c1ccc(S(=O)(=O)NCCC(=O)N(C)Cc2ccc(Cl)s2)cc1. The van der Waals surface area contributed by atoms with Crippen molar-refractivity contribution in [2.75, 3.05) is 13.6 Å². The zero-order valence-corrected chi connectivity index (χ0v) is 16.7. The summed E-state index contributed by atoms with van der Waals surface area (Å²) in [5.41, 5.74) is 0.439. The fourth-order valence-corrected chi connectivity index (χ4v) is 4.37. The highest BCUT2D eigenvalue weighted by Gasteiger charge is 2.16. The molecule has 1 amide bonds. The molecule has 0 saturated heterocycles. The molecule has 140 valence electrons. The van der Waals surface area contributed by atoms with Crippen molar-refractivity contribution in [3.8, 4) is 0 Å². The topological polar surface area (TPSA) is 83.5 Å². The van der Waals surface area contributed by atoms with Gasteiger partial charge in [0.05, 0.1) is 15.8 Å². The highest BCUT2D eigenvalue weighted by Crippen LogP contribution is 2.22. The molecule has 0 unspecified atom stereocenters. The highest BCUT2D eigenvalue weighted by atomic mass is 35.5. The van der Waals surface area contributed by atoms with Crippen LogP contribution in [0.2, 0.25) is 4.34 Å². The van der Waals surface area contributed by atoms with Crippen LogP contribution in [0.4, 0.5) is 0 Å². The number of nitrogens with one attached hydrogen (secondary N) is 1. The van der Waals surface area contributed by atoms with Gasteiger partial charge in [0.25, 0.3) is 0 Å². The predicted molar refractivity (Wildman–Crippen MR) is 102 cm³/mol. The van der Waals surface area contributed by atoms with Crippen LogP contribution in [-0.2, 0) is 21.4 Å². The molecule has 6 nitrogen and oxygen atoms in total. The Morgan fingerprint density at radius 2 is 1.81 bits per heavy atom. The minimum absolute atomic E-state index is 0.00877. The van der Waals surface area contributed by atoms with Crippen molar-refractivity contribution in [2.45, 2.75) is 24.8 Å². The Balaban J connectivity index is 1.87. The molecule has 0 spiro atoms. The van der Waals surface area contributed by atoms with E-state index in [9.17, 15) is 18.0 Å². The van der Waals surface area contributed by atoms with E-state index >= 15 is 0 Å². The molecule has 1 aromatic heterocycles. The summed E-state index contributed by atoms with van der Waals surface area (Å²) >= 11 is 7.26. The number of hydrogen-bond acceptors (Lipinski definition) is 5. The van der Waals surface area contributed by atoms with Crippen LogP contribution in [0.1, 0.15) is 28.6 Å². The minimum atomic E-state index is -3.73. The molecule has 0 bridgehead atoms. The van der Waals surface area contributed by atoms with Gasteiger partial charge in [-0.2, -0.15) is 0 Å². The van der Waals surface area contributed by atoms with Crippen LogP contribution in [-0.4, -0.2) is 38.6 Å². The fourth-order valence-electron chi connectivity index (χ4n) is 2.19. The number of hydrogen-bond donors (Lipinski definition) is 1. The monoisotopic (exact) mass is 414 g/mol. The van der Waals surface area contributed by atoms with E-state index in [0.717, 1.165) is 4.88 Å². The quantitative estimate of drug-likeness (QED) is 0.673. The van der Waals surface area contributed by atoms with Crippen LogP contribution in [0.3, 0.4) is 0 Å². The normalized spacial score (nSPS) is 11.3. The number of Topliss-reactive ketones (excluding diaryl/α,β-unsaturated/α-hetero) is 1. The summed E-state index contributed by atoms with van der Waals surface area (Å²) in [5.74, 6) is -0.313. The third-order valence-corrected chi connectivity index (χ3v) is 6.34. The maximum Gasteiger partial charge on any atom is 0.240 e. The Labute approximate surface area is 161 Å². The van der Waals surface area contributed by atoms with E-state index in [-0.39, 0.29) is 29.6 Å². The number of ketones is 1. The maximum atomic E-state index is 12.2. The molecule has 0 radical (unpaired) electrons. The Morgan fingerprint density at radius 3 is 2.35 bits per heavy atom. The number of amides is 1. The van der Waals surface area contributed by atoms with Crippen molar-refractivity contribution < 1.29 is 18.0 Å². The first kappa shape index (κ1) is 20.6. The summed E-state index contributed by atoms with van der Waals surface area (Å²) in [4.78, 5) is 25.9. The Hall–Kier alpha value is -1.74. The molecule has 0 atom stereocenters. The number of benzene rings is 1. The lowest BCUT2D eigenvalue weighted by molar-refractivity contribution is -0.130. The van der Waals surface area contributed by atoms with Gasteiger partial charge in [-0.25, -0.2) is 13.1 Å². The number of sulfonamides is 1. The van der Waals surface area contributed by atoms with Crippen molar-refractivity contribution in [1.82, 2.24) is 9.62 Å². The van der Waals surface area contributed by atoms with Gasteiger partial charge in [-0.3, -0.25) is 9.59 Å². The van der Waals surface area contributed by atoms with Crippen molar-refractivity contribution >= 4 is 44.7 Å². The zero-order valence-electron chi connectivity index (χ0n) is 14.4. The van der Waals surface area contributed by atoms with E-state index in [4.69, 9.17) is 11.6 Å². The fraction of sp³-hybridized carbons (Fsp3) is 0.294. The summed E-state index contributed by atoms with van der Waals surface area (Å²) in [5, 5.41) is 0. The highest BCUT2D eigenvalue weighted by molar-refractivity contribution is 7.89. The smallest absolute Gasteiger partial charge is 0.240 e. The molecule has 9 heteroatoms. The van der Waals surface area contributed by atoms with Gasteiger partial charge in [-0.15, -0.1) is 11.3 Å². The molecule has 0 aliphatic heterocycles. The molecule has 0 aliphatic rings. The second kappa shape index (κ2) is 8.77. The number of halogens is 1. The van der Waals surface area contributed by atoms with E-state index in [1.807, 2.05) is 6.07 Å². The Kier molecular flexibility index (Phi) is 6.94. The second-order valence-electron chi connectivity index (χ2n) is 5.68. The van der Waals surface area contributed by atoms with E-state index in [2.05, 4.69) is 4.72 Å². The number of nitrogens with zero attached hydrogens (tertiary/aromatic N) is 1. The van der Waals surface area contributed by atoms with Gasteiger partial charge in [0, 0.05) is 30.5 Å². The van der Waals surface area contributed by atoms with Crippen LogP contribution in [0, 0.1) is 0 Å². The molecule has 2 rings (SSSR count). The number of carbonyl (C=O) groups excluding carboxylic acids is 2. The van der Waals surface area contributed by atoms with Crippen LogP contribution in [0.15, 0.2) is 41.3 Å². The summed E-state index contributed by atoms with van der Waals surface area (Å²) in [6, 6.07) is 9.28. The average molecular weight is 415 g/mol. The number of thiophene rings is 1. The van der Waals surface area contributed by atoms with Crippen LogP contribution >= 0.6 is 22.9 Å². The van der Waals surface area contributed by atoms with Crippen LogP contribution in [0.5, 0.6) is 0 Å². The lowest BCUT2D eigenvalue weighted by Crippen LogP contribution is -2.31. The van der Waals surface area contributed by atoms with Gasteiger partial charge in [0.2, 0.25) is 15.9 Å². The van der Waals surface area contributed by atoms with Gasteiger partial charge in [0.15, 0.2) is 5.78 Å². The molecule has 0 saturated carbocycles. The second-order valence-corrected chi connectivity index (χ2v) is 9.25. The first-order valence-electron chi connectivity index (χ1n) is 7.78. The van der Waals surface area contributed by atoms with Gasteiger partial charge < -0.3 is 4.90 Å². The standard InChI is InChI=1S/C17H19ClN2O4S2/c1-12(21)13-3-6-15(7-4-13)26(23,24)19-10-9-17(22)20(2)11-14-5-8-16(18)25-14/h3-8,19H,9-11H2,1-2H3.